The van der Waals surface area contributed by atoms with Crippen molar-refractivity contribution in [3.8, 4) is 11.5 Å². The van der Waals surface area contributed by atoms with Gasteiger partial charge in [-0.15, -0.1) is 5.10 Å². The summed E-state index contributed by atoms with van der Waals surface area (Å²) in [5, 5.41) is 10.3. The molecular formula is C13H14BrN3O2. The van der Waals surface area contributed by atoms with Gasteiger partial charge in [-0.25, -0.2) is 0 Å². The normalized spacial score (nSPS) is 11.4. The van der Waals surface area contributed by atoms with Gasteiger partial charge in [-0.2, -0.15) is 0 Å². The van der Waals surface area contributed by atoms with E-state index in [2.05, 4.69) is 31.4 Å². The number of halogens is 1. The van der Waals surface area contributed by atoms with Crippen LogP contribution < -0.4 is 5.32 Å². The third-order valence-electron chi connectivity index (χ3n) is 2.40. The molecule has 6 heteroatoms. The van der Waals surface area contributed by atoms with Crippen molar-refractivity contribution in [2.24, 2.45) is 5.41 Å². The fourth-order valence-electron chi connectivity index (χ4n) is 1.30. The number of hydrogen-bond donors (Lipinski definition) is 1. The van der Waals surface area contributed by atoms with Gasteiger partial charge in [0.15, 0.2) is 0 Å². The molecule has 0 aliphatic carbocycles. The fraction of sp³-hybridized carbons (Fsp3) is 0.308. The Morgan fingerprint density at radius 3 is 2.68 bits per heavy atom. The van der Waals surface area contributed by atoms with E-state index in [9.17, 15) is 4.79 Å². The van der Waals surface area contributed by atoms with Gasteiger partial charge >= 0.3 is 6.01 Å². The van der Waals surface area contributed by atoms with Crippen LogP contribution in [0, 0.1) is 5.41 Å². The third-order valence-corrected chi connectivity index (χ3v) is 2.89. The van der Waals surface area contributed by atoms with Gasteiger partial charge in [0.25, 0.3) is 0 Å². The number of aromatic nitrogens is 2. The van der Waals surface area contributed by atoms with Gasteiger partial charge in [-0.05, 0) is 18.2 Å². The van der Waals surface area contributed by atoms with Gasteiger partial charge in [0, 0.05) is 15.5 Å². The number of nitrogens with zero attached hydrogens (tertiary/aromatic N) is 2. The molecule has 5 nitrogen and oxygen atoms in total. The SMILES string of the molecule is CC(C)(C)C(=O)Nc1nnc(-c2cccc(Br)c2)o1. The predicted octanol–water partition coefficient (Wildman–Crippen LogP) is 3.48. The largest absolute Gasteiger partial charge is 0.403 e. The zero-order valence-electron chi connectivity index (χ0n) is 10.9. The molecule has 1 amide bonds. The number of hydrogen-bond acceptors (Lipinski definition) is 4. The Kier molecular flexibility index (Phi) is 3.71. The molecular weight excluding hydrogens is 310 g/mol. The lowest BCUT2D eigenvalue weighted by Gasteiger charge is -2.15. The van der Waals surface area contributed by atoms with Crippen LogP contribution in [0.2, 0.25) is 0 Å². The van der Waals surface area contributed by atoms with Crippen LogP contribution in [0.5, 0.6) is 0 Å². The Morgan fingerprint density at radius 1 is 1.32 bits per heavy atom. The minimum atomic E-state index is -0.510. The number of carbonyl (C=O) groups is 1. The van der Waals surface area contributed by atoms with Crippen molar-refractivity contribution >= 4 is 27.9 Å². The van der Waals surface area contributed by atoms with Crippen LogP contribution in [0.1, 0.15) is 20.8 Å². The van der Waals surface area contributed by atoms with Gasteiger partial charge in [0.2, 0.25) is 11.8 Å². The molecule has 0 aliphatic heterocycles. The Hall–Kier alpha value is -1.69. The second-order valence-electron chi connectivity index (χ2n) is 5.13. The number of nitrogens with one attached hydrogen (secondary N) is 1. The molecule has 0 saturated carbocycles. The fourth-order valence-corrected chi connectivity index (χ4v) is 1.70. The molecule has 2 rings (SSSR count). The summed E-state index contributed by atoms with van der Waals surface area (Å²) in [6.45, 7) is 5.44. The lowest BCUT2D eigenvalue weighted by Crippen LogP contribution is -2.27. The van der Waals surface area contributed by atoms with Crippen molar-refractivity contribution in [3.63, 3.8) is 0 Å². The first-order chi connectivity index (χ1) is 8.86. The van der Waals surface area contributed by atoms with E-state index in [-0.39, 0.29) is 11.9 Å². The van der Waals surface area contributed by atoms with Crippen LogP contribution in [0.3, 0.4) is 0 Å². The molecule has 0 unspecified atom stereocenters. The van der Waals surface area contributed by atoms with Crippen LogP contribution >= 0.6 is 15.9 Å². The minimum absolute atomic E-state index is 0.106. The number of carbonyl (C=O) groups excluding carboxylic acids is 1. The first kappa shape index (κ1) is 13.7. The third kappa shape index (κ3) is 3.41. The molecule has 0 spiro atoms. The van der Waals surface area contributed by atoms with Crippen LogP contribution in [0.25, 0.3) is 11.5 Å². The Bertz CT molecular complexity index is 602. The highest BCUT2D eigenvalue weighted by Gasteiger charge is 2.23. The van der Waals surface area contributed by atoms with Crippen LogP contribution in [-0.4, -0.2) is 16.1 Å². The molecule has 100 valence electrons. The summed E-state index contributed by atoms with van der Waals surface area (Å²) in [6, 6.07) is 7.60. The topological polar surface area (TPSA) is 68.0 Å². The zero-order valence-corrected chi connectivity index (χ0v) is 12.5. The molecule has 1 aromatic heterocycles. The van der Waals surface area contributed by atoms with Gasteiger partial charge in [-0.1, -0.05) is 47.9 Å². The van der Waals surface area contributed by atoms with Crippen molar-refractivity contribution < 1.29 is 9.21 Å². The maximum absolute atomic E-state index is 11.8. The van der Waals surface area contributed by atoms with Gasteiger partial charge in [0.05, 0.1) is 0 Å². The average molecular weight is 324 g/mol. The molecule has 0 atom stereocenters. The van der Waals surface area contributed by atoms with Crippen molar-refractivity contribution in [2.45, 2.75) is 20.8 Å². The van der Waals surface area contributed by atoms with E-state index < -0.39 is 5.41 Å². The average Bonchev–Trinajstić information content (AvgIpc) is 2.76. The summed E-state index contributed by atoms with van der Waals surface area (Å²) >= 11 is 3.37. The van der Waals surface area contributed by atoms with Gasteiger partial charge < -0.3 is 4.42 Å². The summed E-state index contributed by atoms with van der Waals surface area (Å²) < 4.78 is 6.34. The molecule has 19 heavy (non-hydrogen) atoms. The molecule has 1 aromatic carbocycles. The highest BCUT2D eigenvalue weighted by atomic mass is 79.9. The Labute approximate surface area is 119 Å². The van der Waals surface area contributed by atoms with E-state index >= 15 is 0 Å². The predicted molar refractivity (Wildman–Crippen MR) is 75.5 cm³/mol. The second kappa shape index (κ2) is 5.13. The molecule has 0 aliphatic rings. The summed E-state index contributed by atoms with van der Waals surface area (Å²) in [5.41, 5.74) is 0.280. The molecule has 0 saturated heterocycles. The summed E-state index contributed by atoms with van der Waals surface area (Å²) in [6.07, 6.45) is 0. The maximum atomic E-state index is 11.8. The number of rotatable bonds is 2. The second-order valence-corrected chi connectivity index (χ2v) is 6.04. The van der Waals surface area contributed by atoms with Crippen molar-refractivity contribution in [2.75, 3.05) is 5.32 Å². The van der Waals surface area contributed by atoms with E-state index in [0.29, 0.717) is 5.89 Å². The van der Waals surface area contributed by atoms with E-state index in [0.717, 1.165) is 10.0 Å². The number of amides is 1. The van der Waals surface area contributed by atoms with Crippen LogP contribution in [0.15, 0.2) is 33.2 Å². The highest BCUT2D eigenvalue weighted by Crippen LogP contribution is 2.24. The standard InChI is InChI=1S/C13H14BrN3O2/c1-13(2,3)11(18)15-12-17-16-10(19-12)8-5-4-6-9(14)7-8/h4-7H,1-3H3,(H,15,17,18). The van der Waals surface area contributed by atoms with Crippen LogP contribution in [-0.2, 0) is 4.79 Å². The lowest BCUT2D eigenvalue weighted by molar-refractivity contribution is -0.123. The molecule has 0 bridgehead atoms. The lowest BCUT2D eigenvalue weighted by atomic mass is 9.96. The molecule has 2 aromatic rings. The first-order valence-corrected chi connectivity index (χ1v) is 6.56. The smallest absolute Gasteiger partial charge is 0.322 e. The quantitative estimate of drug-likeness (QED) is 0.918. The monoisotopic (exact) mass is 323 g/mol. The highest BCUT2D eigenvalue weighted by molar-refractivity contribution is 9.10. The Balaban J connectivity index is 2.18. The summed E-state index contributed by atoms with van der Waals surface area (Å²) in [4.78, 5) is 11.8. The van der Waals surface area contributed by atoms with E-state index in [4.69, 9.17) is 4.42 Å². The maximum Gasteiger partial charge on any atom is 0.322 e. The van der Waals surface area contributed by atoms with Gasteiger partial charge in [-0.3, -0.25) is 10.1 Å². The summed E-state index contributed by atoms with van der Waals surface area (Å²) in [5.74, 6) is 0.197. The summed E-state index contributed by atoms with van der Waals surface area (Å²) in [7, 11) is 0. The van der Waals surface area contributed by atoms with Crippen LogP contribution in [0.4, 0.5) is 6.01 Å². The molecule has 1 heterocycles. The van der Waals surface area contributed by atoms with Crippen molar-refractivity contribution in [1.29, 1.82) is 0 Å². The molecule has 1 N–H and O–H groups in total. The van der Waals surface area contributed by atoms with E-state index in [1.165, 1.54) is 0 Å². The molecule has 0 radical (unpaired) electrons. The van der Waals surface area contributed by atoms with Crippen molar-refractivity contribution in [1.82, 2.24) is 10.2 Å². The number of anilines is 1. The molecule has 0 fully saturated rings. The Morgan fingerprint density at radius 2 is 2.05 bits per heavy atom. The van der Waals surface area contributed by atoms with Crippen molar-refractivity contribution in [3.05, 3.63) is 28.7 Å². The number of benzene rings is 1. The zero-order chi connectivity index (χ0) is 14.0. The minimum Gasteiger partial charge on any atom is -0.403 e. The van der Waals surface area contributed by atoms with E-state index in [1.807, 2.05) is 45.0 Å². The van der Waals surface area contributed by atoms with Gasteiger partial charge in [0.1, 0.15) is 0 Å². The van der Waals surface area contributed by atoms with E-state index in [1.54, 1.807) is 0 Å². The first-order valence-electron chi connectivity index (χ1n) is 5.77.